The molecule has 0 aliphatic heterocycles. The molecule has 3 rings (SSSR count). The monoisotopic (exact) mass is 379 g/mol. The predicted octanol–water partition coefficient (Wildman–Crippen LogP) is 3.29. The van der Waals surface area contributed by atoms with Gasteiger partial charge in [-0.3, -0.25) is 14.2 Å². The van der Waals surface area contributed by atoms with Crippen molar-refractivity contribution >= 4 is 34.1 Å². The van der Waals surface area contributed by atoms with Crippen LogP contribution < -0.4 is 15.6 Å². The highest BCUT2D eigenvalue weighted by atomic mass is 35.5. The van der Waals surface area contributed by atoms with Gasteiger partial charge in [0.15, 0.2) is 0 Å². The zero-order chi connectivity index (χ0) is 18.7. The van der Waals surface area contributed by atoms with Gasteiger partial charge >= 0.3 is 6.61 Å². The summed E-state index contributed by atoms with van der Waals surface area (Å²) < 4.78 is 29.8. The Hall–Kier alpha value is -3.00. The van der Waals surface area contributed by atoms with E-state index in [1.54, 1.807) is 24.3 Å². The van der Waals surface area contributed by atoms with Crippen molar-refractivity contribution < 1.29 is 18.3 Å². The number of nitrogens with one attached hydrogen (secondary N) is 1. The molecule has 0 spiro atoms. The topological polar surface area (TPSA) is 73.2 Å². The Morgan fingerprint density at radius 3 is 2.77 bits per heavy atom. The summed E-state index contributed by atoms with van der Waals surface area (Å²) in [5.41, 5.74) is 0.475. The van der Waals surface area contributed by atoms with Crippen LogP contribution in [0.1, 0.15) is 0 Å². The molecule has 1 N–H and O–H groups in total. The number of halogens is 3. The molecule has 2 aromatic carbocycles. The standard InChI is InChI=1S/C17H12ClF2N3O3/c18-12-7-10(5-6-14(12)26-17(19)20)22-15(24)8-23-9-21-13-4-2-1-3-11(13)16(23)25/h1-7,9,17H,8H2,(H,22,24). The predicted molar refractivity (Wildman–Crippen MR) is 92.7 cm³/mol. The number of carbonyl (C=O) groups is 1. The van der Waals surface area contributed by atoms with Gasteiger partial charge in [-0.25, -0.2) is 4.98 Å². The Bertz CT molecular complexity index is 1020. The minimum absolute atomic E-state index is 0.0763. The van der Waals surface area contributed by atoms with Crippen LogP contribution in [0.4, 0.5) is 14.5 Å². The van der Waals surface area contributed by atoms with Crippen LogP contribution in [0.3, 0.4) is 0 Å². The SMILES string of the molecule is O=C(Cn1cnc2ccccc2c1=O)Nc1ccc(OC(F)F)c(Cl)c1. The number of alkyl halides is 2. The fourth-order valence-electron chi connectivity index (χ4n) is 2.34. The summed E-state index contributed by atoms with van der Waals surface area (Å²) in [6.45, 7) is -3.26. The van der Waals surface area contributed by atoms with Crippen molar-refractivity contribution in [3.8, 4) is 5.75 Å². The van der Waals surface area contributed by atoms with Gasteiger partial charge in [0, 0.05) is 5.69 Å². The van der Waals surface area contributed by atoms with Crippen molar-refractivity contribution in [2.75, 3.05) is 5.32 Å². The lowest BCUT2D eigenvalue weighted by Crippen LogP contribution is -2.27. The molecule has 1 amide bonds. The number of anilines is 1. The third-order valence-electron chi connectivity index (χ3n) is 3.48. The number of amides is 1. The number of nitrogens with zero attached hydrogens (tertiary/aromatic N) is 2. The molecule has 0 atom stereocenters. The molecule has 0 aliphatic rings. The van der Waals surface area contributed by atoms with Crippen LogP contribution in [0.15, 0.2) is 53.6 Å². The summed E-state index contributed by atoms with van der Waals surface area (Å²) in [6.07, 6.45) is 1.29. The lowest BCUT2D eigenvalue weighted by molar-refractivity contribution is -0.116. The largest absolute Gasteiger partial charge is 0.433 e. The highest BCUT2D eigenvalue weighted by molar-refractivity contribution is 6.32. The summed E-state index contributed by atoms with van der Waals surface area (Å²) in [4.78, 5) is 28.6. The van der Waals surface area contributed by atoms with Gasteiger partial charge in [0.2, 0.25) is 5.91 Å². The smallest absolute Gasteiger partial charge is 0.387 e. The van der Waals surface area contributed by atoms with Crippen LogP contribution >= 0.6 is 11.6 Å². The van der Waals surface area contributed by atoms with Crippen molar-refractivity contribution in [2.45, 2.75) is 13.2 Å². The van der Waals surface area contributed by atoms with Crippen molar-refractivity contribution in [1.82, 2.24) is 9.55 Å². The van der Waals surface area contributed by atoms with Gasteiger partial charge in [-0.2, -0.15) is 8.78 Å². The first-order valence-electron chi connectivity index (χ1n) is 7.42. The maximum absolute atomic E-state index is 12.4. The van der Waals surface area contributed by atoms with Crippen LogP contribution in [-0.2, 0) is 11.3 Å². The third-order valence-corrected chi connectivity index (χ3v) is 3.77. The maximum atomic E-state index is 12.4. The average Bonchev–Trinajstić information content (AvgIpc) is 2.60. The molecule has 26 heavy (non-hydrogen) atoms. The minimum Gasteiger partial charge on any atom is -0.433 e. The van der Waals surface area contributed by atoms with Crippen LogP contribution in [0.5, 0.6) is 5.75 Å². The zero-order valence-corrected chi connectivity index (χ0v) is 13.9. The van der Waals surface area contributed by atoms with E-state index in [2.05, 4.69) is 15.0 Å². The van der Waals surface area contributed by atoms with Crippen molar-refractivity contribution in [3.05, 3.63) is 64.2 Å². The van der Waals surface area contributed by atoms with Crippen LogP contribution in [-0.4, -0.2) is 22.1 Å². The summed E-state index contributed by atoms with van der Waals surface area (Å²) in [7, 11) is 0. The molecule has 0 aliphatic carbocycles. The summed E-state index contributed by atoms with van der Waals surface area (Å²) in [6, 6.07) is 10.7. The van der Waals surface area contributed by atoms with E-state index in [1.807, 2.05) is 0 Å². The molecule has 1 heterocycles. The van der Waals surface area contributed by atoms with E-state index in [4.69, 9.17) is 11.6 Å². The Morgan fingerprint density at radius 2 is 2.04 bits per heavy atom. The Balaban J connectivity index is 1.74. The second-order valence-electron chi connectivity index (χ2n) is 5.27. The number of fused-ring (bicyclic) bond motifs is 1. The fourth-order valence-corrected chi connectivity index (χ4v) is 2.57. The van der Waals surface area contributed by atoms with Gasteiger partial charge in [0.1, 0.15) is 12.3 Å². The van der Waals surface area contributed by atoms with Crippen LogP contribution in [0.25, 0.3) is 10.9 Å². The molecule has 0 saturated carbocycles. The van der Waals surface area contributed by atoms with Gasteiger partial charge < -0.3 is 10.1 Å². The van der Waals surface area contributed by atoms with E-state index in [-0.39, 0.29) is 28.6 Å². The first-order chi connectivity index (χ1) is 12.4. The molecule has 0 bridgehead atoms. The van der Waals surface area contributed by atoms with Gasteiger partial charge in [-0.05, 0) is 30.3 Å². The number of carbonyl (C=O) groups excluding carboxylic acids is 1. The van der Waals surface area contributed by atoms with Gasteiger partial charge in [0.25, 0.3) is 5.56 Å². The number of hydrogen-bond acceptors (Lipinski definition) is 4. The van der Waals surface area contributed by atoms with Crippen LogP contribution in [0, 0.1) is 0 Å². The highest BCUT2D eigenvalue weighted by Crippen LogP contribution is 2.28. The van der Waals surface area contributed by atoms with E-state index in [0.29, 0.717) is 10.9 Å². The number of hydrogen-bond donors (Lipinski definition) is 1. The van der Waals surface area contributed by atoms with Gasteiger partial charge in [-0.15, -0.1) is 0 Å². The summed E-state index contributed by atoms with van der Waals surface area (Å²) in [5.74, 6) is -0.697. The third kappa shape index (κ3) is 3.97. The highest BCUT2D eigenvalue weighted by Gasteiger charge is 2.12. The normalized spacial score (nSPS) is 10.9. The Kier molecular flexibility index (Phi) is 5.13. The van der Waals surface area contributed by atoms with Gasteiger partial charge in [-0.1, -0.05) is 23.7 Å². The van der Waals surface area contributed by atoms with E-state index >= 15 is 0 Å². The van der Waals surface area contributed by atoms with Crippen LogP contribution in [0.2, 0.25) is 5.02 Å². The van der Waals surface area contributed by atoms with Crippen molar-refractivity contribution in [2.24, 2.45) is 0 Å². The summed E-state index contributed by atoms with van der Waals surface area (Å²) >= 11 is 5.83. The van der Waals surface area contributed by atoms with Gasteiger partial charge in [0.05, 0.1) is 22.3 Å². The minimum atomic E-state index is -3.00. The lowest BCUT2D eigenvalue weighted by atomic mass is 10.2. The van der Waals surface area contributed by atoms with E-state index < -0.39 is 12.5 Å². The molecule has 6 nitrogen and oxygen atoms in total. The first-order valence-corrected chi connectivity index (χ1v) is 7.80. The number of para-hydroxylation sites is 1. The molecule has 9 heteroatoms. The fraction of sp³-hybridized carbons (Fsp3) is 0.118. The number of aromatic nitrogens is 2. The van der Waals surface area contributed by atoms with E-state index in [0.717, 1.165) is 0 Å². The molecular weight excluding hydrogens is 368 g/mol. The lowest BCUT2D eigenvalue weighted by Gasteiger charge is -2.10. The second-order valence-corrected chi connectivity index (χ2v) is 5.67. The van der Waals surface area contributed by atoms with Crippen molar-refractivity contribution in [1.29, 1.82) is 0 Å². The molecule has 0 fully saturated rings. The first kappa shape index (κ1) is 17.8. The molecule has 0 saturated heterocycles. The maximum Gasteiger partial charge on any atom is 0.387 e. The molecule has 0 unspecified atom stereocenters. The quantitative estimate of drug-likeness (QED) is 0.738. The zero-order valence-electron chi connectivity index (χ0n) is 13.2. The Labute approximate surface area is 151 Å². The summed E-state index contributed by atoms with van der Waals surface area (Å²) in [5, 5.41) is 2.86. The van der Waals surface area contributed by atoms with Crippen molar-refractivity contribution in [3.63, 3.8) is 0 Å². The number of benzene rings is 2. The number of ether oxygens (including phenoxy) is 1. The molecule has 134 valence electrons. The van der Waals surface area contributed by atoms with E-state index in [1.165, 1.54) is 29.1 Å². The van der Waals surface area contributed by atoms with E-state index in [9.17, 15) is 18.4 Å². The number of rotatable bonds is 5. The Morgan fingerprint density at radius 1 is 1.27 bits per heavy atom. The second kappa shape index (κ2) is 7.49. The molecule has 3 aromatic rings. The molecular formula is C17H12ClF2N3O3. The molecule has 0 radical (unpaired) electrons. The molecule has 1 aromatic heterocycles. The average molecular weight is 380 g/mol.